The van der Waals surface area contributed by atoms with E-state index < -0.39 is 0 Å². The van der Waals surface area contributed by atoms with E-state index in [1.807, 2.05) is 39.8 Å². The van der Waals surface area contributed by atoms with Gasteiger partial charge >= 0.3 is 81.7 Å². The molecule has 89 heavy (non-hydrogen) atoms. The summed E-state index contributed by atoms with van der Waals surface area (Å²) < 4.78 is 0. The van der Waals surface area contributed by atoms with Crippen LogP contribution in [0.1, 0.15) is 307 Å². The van der Waals surface area contributed by atoms with Gasteiger partial charge in [0, 0.05) is 69.3 Å². The average Bonchev–Trinajstić information content (AvgIpc) is 1.92. The SMILES string of the molecule is CC(NC(=O)c1c(C(C)C)cc(C)cc1C(C)C)=C1C=CCC(=C(C)NC(=O)c2c(C(C)C)cc(C)cc2C(C)C)N1.CC(NC(=O)c1c(C(C)C)cc(C)cc1C(C)C)=C1C=CCC(=C(C)NC(=O)c2c(C(C)C)cc(C)cc2C(C)C)N1.[Cl-].[Cl-].[Cl-].[Nd+3].[Nd+3]. The van der Waals surface area contributed by atoms with Crippen LogP contribution in [0.2, 0.25) is 0 Å². The molecular formula is C74H102Cl3N6Nd2O4+3. The molecule has 0 bridgehead atoms. The molecule has 0 spiro atoms. The molecule has 4 aromatic carbocycles. The zero-order chi connectivity index (χ0) is 62.9. The van der Waals surface area contributed by atoms with Crippen molar-refractivity contribution in [1.29, 1.82) is 0 Å². The van der Waals surface area contributed by atoms with Gasteiger partial charge in [0.15, 0.2) is 0 Å². The topological polar surface area (TPSA) is 140 Å². The maximum absolute atomic E-state index is 13.7. The molecule has 478 valence electrons. The fraction of sp³-hybridized carbons (Fsp3) is 0.459. The number of carbonyl (C=O) groups is 4. The van der Waals surface area contributed by atoms with Gasteiger partial charge in [0.25, 0.3) is 23.6 Å². The van der Waals surface area contributed by atoms with Crippen molar-refractivity contribution in [2.45, 2.75) is 226 Å². The number of amides is 4. The van der Waals surface area contributed by atoms with Crippen molar-refractivity contribution in [1.82, 2.24) is 31.9 Å². The molecule has 0 aromatic heterocycles. The number of hydrogen-bond acceptors (Lipinski definition) is 6. The van der Waals surface area contributed by atoms with Crippen LogP contribution in [-0.2, 0) is 0 Å². The number of nitrogens with one attached hydrogen (secondary N) is 6. The van der Waals surface area contributed by atoms with Crippen LogP contribution in [0.25, 0.3) is 0 Å². The Morgan fingerprint density at radius 3 is 0.663 bits per heavy atom. The first-order valence-corrected chi connectivity index (χ1v) is 30.7. The number of aryl methyl sites for hydroxylation is 4. The maximum Gasteiger partial charge on any atom is 3.00 e. The van der Waals surface area contributed by atoms with Gasteiger partial charge in [0.05, 0.1) is 11.4 Å². The summed E-state index contributed by atoms with van der Waals surface area (Å²) in [6.45, 7) is 50.1. The standard InChI is InChI=1S/2C37H51N3O2.3ClH.2Nd/c2*1-20(2)28-16-24(9)17-29(21(3)4)34(28)36(41)38-26(11)32-14-13-15-33(40-32)27(12)39-37(42)35-30(22(5)6)18-25(10)19-31(35)23(7)8;;;;;/h2*13-14,16-23,40H,15H2,1-12H3,(H,38,41)(H,39,42);3*1H;;/q;;;;;2*+3/p-3. The van der Waals surface area contributed by atoms with Crippen LogP contribution in [0.5, 0.6) is 0 Å². The van der Waals surface area contributed by atoms with Gasteiger partial charge in [0.1, 0.15) is 0 Å². The minimum absolute atomic E-state index is 0. The van der Waals surface area contributed by atoms with Crippen LogP contribution in [-0.4, -0.2) is 23.6 Å². The summed E-state index contributed by atoms with van der Waals surface area (Å²) in [5, 5.41) is 19.6. The Morgan fingerprint density at radius 1 is 0.326 bits per heavy atom. The summed E-state index contributed by atoms with van der Waals surface area (Å²) in [4.78, 5) is 54.8. The molecule has 2 radical (unpaired) electrons. The Bertz CT molecular complexity index is 3040. The van der Waals surface area contributed by atoms with Gasteiger partial charge in [-0.05, 0) is 159 Å². The second-order valence-corrected chi connectivity index (χ2v) is 26.1. The fourth-order valence-electron chi connectivity index (χ4n) is 11.3. The molecule has 2 aliphatic heterocycles. The molecule has 0 fully saturated rings. The molecule has 0 saturated heterocycles. The van der Waals surface area contributed by atoms with Crippen LogP contribution >= 0.6 is 0 Å². The Kier molecular flexibility index (Phi) is 36.4. The smallest absolute Gasteiger partial charge is 1.00 e. The first kappa shape index (κ1) is 85.4. The second kappa shape index (κ2) is 37.9. The van der Waals surface area contributed by atoms with E-state index in [9.17, 15) is 19.2 Å². The summed E-state index contributed by atoms with van der Waals surface area (Å²) >= 11 is 0. The number of benzene rings is 4. The van der Waals surface area contributed by atoms with Gasteiger partial charge in [-0.2, -0.15) is 0 Å². The van der Waals surface area contributed by atoms with Crippen molar-refractivity contribution in [3.63, 3.8) is 0 Å². The molecule has 0 unspecified atom stereocenters. The number of rotatable bonds is 16. The van der Waals surface area contributed by atoms with Crippen LogP contribution in [0.15, 0.2) is 118 Å². The molecule has 0 aliphatic carbocycles. The van der Waals surface area contributed by atoms with Crippen molar-refractivity contribution >= 4 is 23.6 Å². The Balaban J connectivity index is 0.00000165. The van der Waals surface area contributed by atoms with Crippen molar-refractivity contribution in [3.8, 4) is 0 Å². The van der Waals surface area contributed by atoms with E-state index in [1.54, 1.807) is 0 Å². The van der Waals surface area contributed by atoms with Crippen LogP contribution in [0.3, 0.4) is 0 Å². The predicted molar refractivity (Wildman–Crippen MR) is 352 cm³/mol. The van der Waals surface area contributed by atoms with Crippen LogP contribution < -0.4 is 69.1 Å². The zero-order valence-corrected chi connectivity index (χ0v) is 66.4. The molecule has 0 atom stereocenters. The minimum Gasteiger partial charge on any atom is -1.00 e. The van der Waals surface area contributed by atoms with E-state index in [0.29, 0.717) is 12.8 Å². The molecule has 2 aliphatic rings. The van der Waals surface area contributed by atoms with E-state index in [0.717, 1.165) is 112 Å². The molecule has 0 saturated carbocycles. The number of carbonyl (C=O) groups excluding carboxylic acids is 4. The van der Waals surface area contributed by atoms with E-state index in [4.69, 9.17) is 0 Å². The van der Waals surface area contributed by atoms with E-state index >= 15 is 0 Å². The fourth-order valence-corrected chi connectivity index (χ4v) is 11.3. The number of allylic oxidation sites excluding steroid dienone is 8. The quantitative estimate of drug-likeness (QED) is 0.0663. The molecule has 4 amide bonds. The monoisotopic (exact) mass is 1530 g/mol. The summed E-state index contributed by atoms with van der Waals surface area (Å²) in [6.07, 6.45) is 9.41. The summed E-state index contributed by atoms with van der Waals surface area (Å²) in [5.41, 5.74) is 22.8. The molecule has 10 nitrogen and oxygen atoms in total. The van der Waals surface area contributed by atoms with Crippen LogP contribution in [0, 0.1) is 109 Å². The van der Waals surface area contributed by atoms with Gasteiger partial charge in [-0.25, -0.2) is 0 Å². The summed E-state index contributed by atoms with van der Waals surface area (Å²) in [6, 6.07) is 17.0. The van der Waals surface area contributed by atoms with Gasteiger partial charge in [-0.15, -0.1) is 0 Å². The Hall–Kier alpha value is -3.63. The zero-order valence-electron chi connectivity index (χ0n) is 57.7. The normalized spacial score (nSPS) is 14.9. The molecule has 2 heterocycles. The molecule has 6 rings (SSSR count). The Morgan fingerprint density at radius 2 is 0.494 bits per heavy atom. The number of hydrogen-bond donors (Lipinski definition) is 6. The average molecular weight is 1530 g/mol. The molecule has 6 N–H and O–H groups in total. The molecule has 4 aromatic rings. The third kappa shape index (κ3) is 22.3. The van der Waals surface area contributed by atoms with E-state index in [1.165, 1.54) is 22.3 Å². The van der Waals surface area contributed by atoms with Crippen molar-refractivity contribution in [2.24, 2.45) is 0 Å². The molecule has 15 heteroatoms. The van der Waals surface area contributed by atoms with Crippen molar-refractivity contribution < 1.29 is 138 Å². The Labute approximate surface area is 620 Å². The largest absolute Gasteiger partial charge is 3.00 e. The third-order valence-corrected chi connectivity index (χ3v) is 16.0. The maximum atomic E-state index is 13.7. The first-order valence-electron chi connectivity index (χ1n) is 30.7. The second-order valence-electron chi connectivity index (χ2n) is 26.1. The van der Waals surface area contributed by atoms with Crippen molar-refractivity contribution in [2.75, 3.05) is 0 Å². The summed E-state index contributed by atoms with van der Waals surface area (Å²) in [5.74, 6) is 1.48. The van der Waals surface area contributed by atoms with Crippen LogP contribution in [0.4, 0.5) is 0 Å². The van der Waals surface area contributed by atoms with E-state index in [-0.39, 0.29) is 190 Å². The first-order chi connectivity index (χ1) is 39.2. The summed E-state index contributed by atoms with van der Waals surface area (Å²) in [7, 11) is 0. The van der Waals surface area contributed by atoms with Crippen molar-refractivity contribution in [3.05, 3.63) is 207 Å². The van der Waals surface area contributed by atoms with Gasteiger partial charge in [0.2, 0.25) is 0 Å². The predicted octanol–water partition coefficient (Wildman–Crippen LogP) is 8.95. The number of halogens is 3. The minimum atomic E-state index is -0.0921. The van der Waals surface area contributed by atoms with Gasteiger partial charge in [-0.3, -0.25) is 19.2 Å². The molecular weight excluding hydrogens is 1430 g/mol. The third-order valence-electron chi connectivity index (χ3n) is 16.0. The van der Waals surface area contributed by atoms with Gasteiger partial charge in [-0.1, -0.05) is 194 Å². The van der Waals surface area contributed by atoms with E-state index in [2.05, 4.69) is 231 Å². The van der Waals surface area contributed by atoms with Gasteiger partial charge < -0.3 is 69.1 Å².